The summed E-state index contributed by atoms with van der Waals surface area (Å²) in [5, 5.41) is 6.58. The third-order valence-electron chi connectivity index (χ3n) is 3.72. The van der Waals surface area contributed by atoms with Gasteiger partial charge in [0, 0.05) is 36.4 Å². The molecule has 5 heteroatoms. The highest BCUT2D eigenvalue weighted by atomic mass is 32.1. The number of hydrogen-bond donors (Lipinski definition) is 1. The molecule has 4 nitrogen and oxygen atoms in total. The molecule has 0 atom stereocenters. The molecule has 3 aromatic rings. The van der Waals surface area contributed by atoms with E-state index in [0.717, 1.165) is 27.7 Å². The van der Waals surface area contributed by atoms with Crippen LogP contribution in [0.15, 0.2) is 53.9 Å². The Morgan fingerprint density at radius 2 is 1.96 bits per heavy atom. The largest absolute Gasteiger partial charge is 0.497 e. The van der Waals surface area contributed by atoms with Gasteiger partial charge in [-0.15, -0.1) is 11.3 Å². The van der Waals surface area contributed by atoms with Gasteiger partial charge in [0.2, 0.25) is 0 Å². The van der Waals surface area contributed by atoms with E-state index in [1.54, 1.807) is 18.4 Å². The van der Waals surface area contributed by atoms with Crippen LogP contribution in [0.5, 0.6) is 5.75 Å². The molecule has 1 aromatic heterocycles. The number of anilines is 2. The van der Waals surface area contributed by atoms with Crippen LogP contribution in [0, 0.1) is 0 Å². The molecule has 1 heterocycles. The van der Waals surface area contributed by atoms with Crippen LogP contribution < -0.4 is 15.0 Å². The maximum Gasteiger partial charge on any atom is 0.119 e. The van der Waals surface area contributed by atoms with Gasteiger partial charge in [-0.1, -0.05) is 18.2 Å². The molecule has 0 bridgehead atoms. The molecule has 0 aliphatic heterocycles. The Bertz CT molecular complexity index is 814. The lowest BCUT2D eigenvalue weighted by Gasteiger charge is -2.14. The van der Waals surface area contributed by atoms with Crippen LogP contribution in [0.1, 0.15) is 5.01 Å². The van der Waals surface area contributed by atoms with Crippen molar-refractivity contribution in [2.75, 3.05) is 31.4 Å². The molecule has 0 aliphatic rings. The molecule has 0 fully saturated rings. The summed E-state index contributed by atoms with van der Waals surface area (Å²) >= 11 is 1.66. The lowest BCUT2D eigenvalue weighted by Crippen LogP contribution is -2.09. The van der Waals surface area contributed by atoms with Crippen molar-refractivity contribution in [3.63, 3.8) is 0 Å². The average molecular weight is 339 g/mol. The third-order valence-corrected chi connectivity index (χ3v) is 4.57. The number of methoxy groups -OCH3 is 1. The first-order chi connectivity index (χ1) is 11.7. The topological polar surface area (TPSA) is 37.4 Å². The Morgan fingerprint density at radius 3 is 2.75 bits per heavy atom. The summed E-state index contributed by atoms with van der Waals surface area (Å²) in [6.07, 6.45) is 0. The Hall–Kier alpha value is -2.53. The number of hydrogen-bond acceptors (Lipinski definition) is 5. The van der Waals surface area contributed by atoms with Gasteiger partial charge < -0.3 is 15.0 Å². The van der Waals surface area contributed by atoms with Crippen LogP contribution in [0.4, 0.5) is 11.4 Å². The van der Waals surface area contributed by atoms with Crippen LogP contribution in [-0.2, 0) is 6.54 Å². The quantitative estimate of drug-likeness (QED) is 0.718. The Balaban J connectivity index is 1.69. The number of nitrogens with zero attached hydrogens (tertiary/aromatic N) is 2. The van der Waals surface area contributed by atoms with Crippen molar-refractivity contribution in [2.24, 2.45) is 0 Å². The number of nitrogens with one attached hydrogen (secondary N) is 1. The van der Waals surface area contributed by atoms with Crippen molar-refractivity contribution in [3.8, 4) is 17.0 Å². The van der Waals surface area contributed by atoms with Gasteiger partial charge in [-0.2, -0.15) is 0 Å². The molecule has 0 spiro atoms. The predicted octanol–water partition coefficient (Wildman–Crippen LogP) is 4.50. The Labute approximate surface area is 146 Å². The Kier molecular flexibility index (Phi) is 5.01. The number of thiazole rings is 1. The molecule has 24 heavy (non-hydrogen) atoms. The SMILES string of the molecule is COc1cccc(-c2csc(CNc3cccc(N(C)C)c3)n2)c1. The average Bonchev–Trinajstić information content (AvgIpc) is 3.09. The molecule has 0 aliphatic carbocycles. The molecule has 0 unspecified atom stereocenters. The fourth-order valence-corrected chi connectivity index (χ4v) is 3.12. The lowest BCUT2D eigenvalue weighted by atomic mass is 10.2. The second kappa shape index (κ2) is 7.36. The molecule has 0 saturated carbocycles. The standard InChI is InChI=1S/C19H21N3OS/c1-22(2)16-8-5-7-15(11-16)20-12-19-21-18(13-24-19)14-6-4-9-17(10-14)23-3/h4-11,13,20H,12H2,1-3H3. The lowest BCUT2D eigenvalue weighted by molar-refractivity contribution is 0.415. The molecular formula is C19H21N3OS. The fraction of sp³-hybridized carbons (Fsp3) is 0.211. The third kappa shape index (κ3) is 3.86. The van der Waals surface area contributed by atoms with E-state index in [4.69, 9.17) is 9.72 Å². The normalized spacial score (nSPS) is 10.5. The first-order valence-corrected chi connectivity index (χ1v) is 8.64. The maximum absolute atomic E-state index is 5.28. The van der Waals surface area contributed by atoms with Gasteiger partial charge in [0.1, 0.15) is 10.8 Å². The monoisotopic (exact) mass is 339 g/mol. The van der Waals surface area contributed by atoms with Crippen LogP contribution >= 0.6 is 11.3 Å². The van der Waals surface area contributed by atoms with Crippen molar-refractivity contribution in [1.29, 1.82) is 0 Å². The molecule has 3 rings (SSSR count). The van der Waals surface area contributed by atoms with E-state index in [9.17, 15) is 0 Å². The number of ether oxygens (including phenoxy) is 1. The minimum atomic E-state index is 0.714. The van der Waals surface area contributed by atoms with E-state index >= 15 is 0 Å². The predicted molar refractivity (Wildman–Crippen MR) is 102 cm³/mol. The first-order valence-electron chi connectivity index (χ1n) is 7.76. The second-order valence-electron chi connectivity index (χ2n) is 5.66. The highest BCUT2D eigenvalue weighted by Crippen LogP contribution is 2.26. The molecular weight excluding hydrogens is 318 g/mol. The van der Waals surface area contributed by atoms with E-state index in [1.807, 2.05) is 32.3 Å². The van der Waals surface area contributed by atoms with Crippen molar-refractivity contribution in [3.05, 3.63) is 58.9 Å². The summed E-state index contributed by atoms with van der Waals surface area (Å²) in [7, 11) is 5.76. The number of aromatic nitrogens is 1. The minimum Gasteiger partial charge on any atom is -0.497 e. The van der Waals surface area contributed by atoms with Gasteiger partial charge in [0.15, 0.2) is 0 Å². The minimum absolute atomic E-state index is 0.714. The molecule has 0 saturated heterocycles. The summed E-state index contributed by atoms with van der Waals surface area (Å²) in [4.78, 5) is 6.81. The first kappa shape index (κ1) is 16.3. The van der Waals surface area contributed by atoms with Gasteiger partial charge in [0.05, 0.1) is 19.3 Å². The summed E-state index contributed by atoms with van der Waals surface area (Å²) in [6.45, 7) is 0.714. The van der Waals surface area contributed by atoms with E-state index < -0.39 is 0 Å². The van der Waals surface area contributed by atoms with Gasteiger partial charge >= 0.3 is 0 Å². The van der Waals surface area contributed by atoms with E-state index in [-0.39, 0.29) is 0 Å². The fourth-order valence-electron chi connectivity index (χ4n) is 2.38. The molecule has 2 aromatic carbocycles. The van der Waals surface area contributed by atoms with E-state index in [2.05, 4.69) is 45.9 Å². The van der Waals surface area contributed by atoms with Crippen molar-refractivity contribution >= 4 is 22.7 Å². The summed E-state index contributed by atoms with van der Waals surface area (Å²) in [6, 6.07) is 16.3. The van der Waals surface area contributed by atoms with Crippen LogP contribution in [0.2, 0.25) is 0 Å². The molecule has 0 amide bonds. The number of rotatable bonds is 6. The van der Waals surface area contributed by atoms with E-state index in [0.29, 0.717) is 6.54 Å². The van der Waals surface area contributed by atoms with Crippen LogP contribution in [-0.4, -0.2) is 26.2 Å². The van der Waals surface area contributed by atoms with Crippen LogP contribution in [0.3, 0.4) is 0 Å². The molecule has 124 valence electrons. The zero-order chi connectivity index (χ0) is 16.9. The van der Waals surface area contributed by atoms with Gasteiger partial charge in [-0.25, -0.2) is 4.98 Å². The zero-order valence-electron chi connectivity index (χ0n) is 14.1. The summed E-state index contributed by atoms with van der Waals surface area (Å²) in [5.74, 6) is 0.848. The van der Waals surface area contributed by atoms with Gasteiger partial charge in [-0.05, 0) is 30.3 Å². The number of benzene rings is 2. The van der Waals surface area contributed by atoms with Crippen molar-refractivity contribution < 1.29 is 4.74 Å². The molecule has 0 radical (unpaired) electrons. The highest BCUT2D eigenvalue weighted by molar-refractivity contribution is 7.09. The Morgan fingerprint density at radius 1 is 1.12 bits per heavy atom. The zero-order valence-corrected chi connectivity index (χ0v) is 14.9. The van der Waals surface area contributed by atoms with Gasteiger partial charge in [-0.3, -0.25) is 0 Å². The summed E-state index contributed by atoms with van der Waals surface area (Å²) < 4.78 is 5.28. The maximum atomic E-state index is 5.28. The summed E-state index contributed by atoms with van der Waals surface area (Å²) in [5.41, 5.74) is 4.33. The smallest absolute Gasteiger partial charge is 0.119 e. The van der Waals surface area contributed by atoms with E-state index in [1.165, 1.54) is 5.69 Å². The van der Waals surface area contributed by atoms with Gasteiger partial charge in [0.25, 0.3) is 0 Å². The van der Waals surface area contributed by atoms with Crippen LogP contribution in [0.25, 0.3) is 11.3 Å². The van der Waals surface area contributed by atoms with Crippen molar-refractivity contribution in [2.45, 2.75) is 6.54 Å². The van der Waals surface area contributed by atoms with Crippen molar-refractivity contribution in [1.82, 2.24) is 4.98 Å². The second-order valence-corrected chi connectivity index (χ2v) is 6.60. The highest BCUT2D eigenvalue weighted by Gasteiger charge is 2.06. The molecule has 1 N–H and O–H groups in total.